The SMILES string of the molecule is CC(C)(C)[Si](C)(C)OC1CCCCN1. The van der Waals surface area contributed by atoms with Gasteiger partial charge in [0.2, 0.25) is 0 Å². The van der Waals surface area contributed by atoms with E-state index in [0.717, 1.165) is 6.54 Å². The second kappa shape index (κ2) is 4.33. The van der Waals surface area contributed by atoms with E-state index in [9.17, 15) is 0 Å². The molecule has 1 rings (SSSR count). The van der Waals surface area contributed by atoms with E-state index in [-0.39, 0.29) is 0 Å². The van der Waals surface area contributed by atoms with Gasteiger partial charge in [-0.1, -0.05) is 20.8 Å². The third-order valence-corrected chi connectivity index (χ3v) is 7.99. The van der Waals surface area contributed by atoms with Crippen LogP contribution in [0.4, 0.5) is 0 Å². The minimum atomic E-state index is -1.55. The largest absolute Gasteiger partial charge is 0.402 e. The van der Waals surface area contributed by atoms with Gasteiger partial charge in [-0.3, -0.25) is 5.32 Å². The molecule has 1 atom stereocenters. The van der Waals surface area contributed by atoms with Crippen molar-refractivity contribution in [1.29, 1.82) is 0 Å². The maximum Gasteiger partial charge on any atom is 0.194 e. The molecule has 14 heavy (non-hydrogen) atoms. The van der Waals surface area contributed by atoms with Crippen LogP contribution in [0.15, 0.2) is 0 Å². The zero-order valence-corrected chi connectivity index (χ0v) is 11.3. The molecule has 1 saturated heterocycles. The summed E-state index contributed by atoms with van der Waals surface area (Å²) in [4.78, 5) is 0. The van der Waals surface area contributed by atoms with Gasteiger partial charge in [-0.25, -0.2) is 0 Å². The normalized spacial score (nSPS) is 25.1. The third kappa shape index (κ3) is 3.07. The van der Waals surface area contributed by atoms with Crippen molar-refractivity contribution in [3.63, 3.8) is 0 Å². The maximum atomic E-state index is 6.27. The fourth-order valence-corrected chi connectivity index (χ4v) is 2.72. The topological polar surface area (TPSA) is 21.3 Å². The lowest BCUT2D eigenvalue weighted by molar-refractivity contribution is 0.116. The lowest BCUT2D eigenvalue weighted by Crippen LogP contribution is -2.49. The van der Waals surface area contributed by atoms with Crippen molar-refractivity contribution in [3.8, 4) is 0 Å². The molecule has 0 bridgehead atoms. The Balaban J connectivity index is 2.49. The Kier molecular flexibility index (Phi) is 3.78. The van der Waals surface area contributed by atoms with Crippen molar-refractivity contribution in [2.45, 2.75) is 64.4 Å². The van der Waals surface area contributed by atoms with Gasteiger partial charge in [-0.05, 0) is 43.9 Å². The summed E-state index contributed by atoms with van der Waals surface area (Å²) in [6.45, 7) is 12.7. The van der Waals surface area contributed by atoms with E-state index in [1.807, 2.05) is 0 Å². The molecule has 3 heteroatoms. The van der Waals surface area contributed by atoms with Gasteiger partial charge in [-0.2, -0.15) is 0 Å². The Morgan fingerprint density at radius 2 is 1.86 bits per heavy atom. The number of rotatable bonds is 2. The van der Waals surface area contributed by atoms with Crippen LogP contribution in [0, 0.1) is 0 Å². The van der Waals surface area contributed by atoms with Crippen molar-refractivity contribution in [3.05, 3.63) is 0 Å². The van der Waals surface area contributed by atoms with E-state index in [0.29, 0.717) is 11.3 Å². The Labute approximate surface area is 89.6 Å². The van der Waals surface area contributed by atoms with Crippen molar-refractivity contribution >= 4 is 8.32 Å². The van der Waals surface area contributed by atoms with Gasteiger partial charge in [-0.15, -0.1) is 0 Å². The Bertz CT molecular complexity index is 180. The molecule has 84 valence electrons. The first-order chi connectivity index (χ1) is 6.33. The van der Waals surface area contributed by atoms with Crippen molar-refractivity contribution < 1.29 is 4.43 Å². The molecule has 0 aliphatic carbocycles. The molecule has 1 heterocycles. The van der Waals surface area contributed by atoms with Gasteiger partial charge in [0.15, 0.2) is 8.32 Å². The molecule has 1 aliphatic heterocycles. The molecule has 0 radical (unpaired) electrons. The Morgan fingerprint density at radius 3 is 2.29 bits per heavy atom. The summed E-state index contributed by atoms with van der Waals surface area (Å²) >= 11 is 0. The van der Waals surface area contributed by atoms with E-state index in [4.69, 9.17) is 4.43 Å². The zero-order chi connectivity index (χ0) is 10.8. The van der Waals surface area contributed by atoms with Crippen LogP contribution in [0.3, 0.4) is 0 Å². The predicted octanol–water partition coefficient (Wildman–Crippen LogP) is 3.11. The van der Waals surface area contributed by atoms with E-state index in [1.165, 1.54) is 19.3 Å². The second-order valence-corrected chi connectivity index (χ2v) is 10.6. The van der Waals surface area contributed by atoms with Crippen LogP contribution < -0.4 is 5.32 Å². The first-order valence-corrected chi connectivity index (χ1v) is 8.65. The highest BCUT2D eigenvalue weighted by Gasteiger charge is 2.39. The molecule has 0 amide bonds. The van der Waals surface area contributed by atoms with Crippen LogP contribution in [0.5, 0.6) is 0 Å². The van der Waals surface area contributed by atoms with Crippen LogP contribution in [0.25, 0.3) is 0 Å². The van der Waals surface area contributed by atoms with Crippen LogP contribution >= 0.6 is 0 Å². The molecule has 1 unspecified atom stereocenters. The van der Waals surface area contributed by atoms with Gasteiger partial charge in [0.25, 0.3) is 0 Å². The zero-order valence-electron chi connectivity index (χ0n) is 10.3. The summed E-state index contributed by atoms with van der Waals surface area (Å²) in [6, 6.07) is 0. The van der Waals surface area contributed by atoms with Crippen LogP contribution in [0.1, 0.15) is 40.0 Å². The van der Waals surface area contributed by atoms with Gasteiger partial charge in [0, 0.05) is 0 Å². The number of nitrogens with one attached hydrogen (secondary N) is 1. The lowest BCUT2D eigenvalue weighted by atomic mass is 10.1. The first kappa shape index (κ1) is 12.2. The molecule has 0 aromatic carbocycles. The minimum absolute atomic E-state index is 0.324. The van der Waals surface area contributed by atoms with E-state index in [1.54, 1.807) is 0 Å². The van der Waals surface area contributed by atoms with Gasteiger partial charge >= 0.3 is 0 Å². The van der Waals surface area contributed by atoms with Crippen molar-refractivity contribution in [2.75, 3.05) is 6.54 Å². The van der Waals surface area contributed by atoms with Crippen LogP contribution in [-0.2, 0) is 4.43 Å². The molecular weight excluding hydrogens is 190 g/mol. The summed E-state index contributed by atoms with van der Waals surface area (Å²) in [7, 11) is -1.55. The van der Waals surface area contributed by atoms with E-state index < -0.39 is 8.32 Å². The summed E-state index contributed by atoms with van der Waals surface area (Å²) in [5.41, 5.74) is 0. The van der Waals surface area contributed by atoms with Gasteiger partial charge in [0.1, 0.15) is 0 Å². The fourth-order valence-electron chi connectivity index (χ4n) is 1.45. The molecule has 1 aliphatic rings. The van der Waals surface area contributed by atoms with E-state index >= 15 is 0 Å². The molecule has 1 N–H and O–H groups in total. The molecule has 0 saturated carbocycles. The molecule has 0 spiro atoms. The molecule has 0 aromatic heterocycles. The Morgan fingerprint density at radius 1 is 1.21 bits per heavy atom. The van der Waals surface area contributed by atoms with Gasteiger partial charge < -0.3 is 4.43 Å². The quantitative estimate of drug-likeness (QED) is 0.715. The number of hydrogen-bond acceptors (Lipinski definition) is 2. The van der Waals surface area contributed by atoms with E-state index in [2.05, 4.69) is 39.2 Å². The summed E-state index contributed by atoms with van der Waals surface area (Å²) < 4.78 is 6.27. The van der Waals surface area contributed by atoms with Crippen LogP contribution in [0.2, 0.25) is 18.1 Å². The van der Waals surface area contributed by atoms with Crippen molar-refractivity contribution in [1.82, 2.24) is 5.32 Å². The molecule has 0 aromatic rings. The monoisotopic (exact) mass is 215 g/mol. The minimum Gasteiger partial charge on any atom is -0.402 e. The first-order valence-electron chi connectivity index (χ1n) is 5.74. The highest BCUT2D eigenvalue weighted by atomic mass is 28.4. The predicted molar refractivity (Wildman–Crippen MR) is 63.9 cm³/mol. The second-order valence-electron chi connectivity index (χ2n) is 5.82. The van der Waals surface area contributed by atoms with Gasteiger partial charge in [0.05, 0.1) is 6.23 Å². The van der Waals surface area contributed by atoms with Crippen LogP contribution in [-0.4, -0.2) is 21.1 Å². The third-order valence-electron chi connectivity index (χ3n) is 3.51. The lowest BCUT2D eigenvalue weighted by Gasteiger charge is -2.40. The maximum absolute atomic E-state index is 6.27. The molecule has 1 fully saturated rings. The summed E-state index contributed by atoms with van der Waals surface area (Å²) in [5, 5.41) is 3.79. The highest BCUT2D eigenvalue weighted by Crippen LogP contribution is 2.37. The average molecular weight is 215 g/mol. The molecular formula is C11H25NOSi. The number of piperidine rings is 1. The highest BCUT2D eigenvalue weighted by molar-refractivity contribution is 6.74. The smallest absolute Gasteiger partial charge is 0.194 e. The standard InChI is InChI=1S/C11H25NOSi/c1-11(2,3)14(4,5)13-10-8-6-7-9-12-10/h10,12H,6-9H2,1-5H3. The summed E-state index contributed by atoms with van der Waals surface area (Å²) in [6.07, 6.45) is 4.13. The fraction of sp³-hybridized carbons (Fsp3) is 1.00. The molecule has 2 nitrogen and oxygen atoms in total. The number of hydrogen-bond donors (Lipinski definition) is 1. The average Bonchev–Trinajstić information content (AvgIpc) is 2.03. The van der Waals surface area contributed by atoms with Crippen molar-refractivity contribution in [2.24, 2.45) is 0 Å². The Hall–Kier alpha value is 0.137. The summed E-state index contributed by atoms with van der Waals surface area (Å²) in [5.74, 6) is 0.